The molecule has 0 spiro atoms. The fourth-order valence-electron chi connectivity index (χ4n) is 2.88. The van der Waals surface area contributed by atoms with Crippen molar-refractivity contribution in [3.63, 3.8) is 0 Å². The van der Waals surface area contributed by atoms with Crippen molar-refractivity contribution in [3.8, 4) is 0 Å². The molecule has 110 valence electrons. The Kier molecular flexibility index (Phi) is 4.06. The quantitative estimate of drug-likeness (QED) is 0.625. The summed E-state index contributed by atoms with van der Waals surface area (Å²) in [4.78, 5) is 28.3. The normalized spacial score (nSPS) is 22.9. The van der Waals surface area contributed by atoms with Gasteiger partial charge in [0.15, 0.2) is 0 Å². The van der Waals surface area contributed by atoms with E-state index in [0.29, 0.717) is 5.82 Å². The summed E-state index contributed by atoms with van der Waals surface area (Å²) in [5.41, 5.74) is 0. The molecular formula is C13H20N4O3. The number of carbonyl (C=O) groups is 1. The monoisotopic (exact) mass is 280 g/mol. The zero-order valence-corrected chi connectivity index (χ0v) is 12.1. The molecule has 0 radical (unpaired) electrons. The fourth-order valence-corrected chi connectivity index (χ4v) is 2.88. The maximum Gasteiger partial charge on any atom is 0.381 e. The van der Waals surface area contributed by atoms with Gasteiger partial charge in [-0.3, -0.25) is 9.36 Å². The van der Waals surface area contributed by atoms with Gasteiger partial charge in [0, 0.05) is 19.0 Å². The minimum atomic E-state index is -0.542. The van der Waals surface area contributed by atoms with Crippen LogP contribution in [0.15, 0.2) is 6.20 Å². The maximum atomic E-state index is 12.4. The van der Waals surface area contributed by atoms with Crippen LogP contribution < -0.4 is 0 Å². The Balaban J connectivity index is 2.12. The number of carbonyl (C=O) groups excluding carboxylic acids is 1. The zero-order valence-electron chi connectivity index (χ0n) is 12.1. The molecule has 1 aromatic rings. The highest BCUT2D eigenvalue weighted by molar-refractivity contribution is 5.77. The van der Waals surface area contributed by atoms with Crippen molar-refractivity contribution >= 4 is 11.7 Å². The van der Waals surface area contributed by atoms with Gasteiger partial charge >= 0.3 is 5.82 Å². The third kappa shape index (κ3) is 2.81. The van der Waals surface area contributed by atoms with Crippen molar-refractivity contribution in [1.29, 1.82) is 0 Å². The Morgan fingerprint density at radius 2 is 2.05 bits per heavy atom. The number of nitro groups is 1. The molecule has 0 N–H and O–H groups in total. The molecule has 2 rings (SSSR count). The standard InChI is InChI=1S/C13H20N4O3/c1-9-5-4-6-10(2)16(9)13(18)8-15-7-12(17(19)20)14-11(15)3/h7,9-10H,4-6,8H2,1-3H3. The molecule has 0 aliphatic carbocycles. The van der Waals surface area contributed by atoms with Gasteiger partial charge in [0.05, 0.1) is 0 Å². The van der Waals surface area contributed by atoms with E-state index < -0.39 is 4.92 Å². The van der Waals surface area contributed by atoms with Crippen LogP contribution in [0.1, 0.15) is 38.9 Å². The minimum Gasteiger partial charge on any atom is -0.358 e. The van der Waals surface area contributed by atoms with Crippen molar-refractivity contribution in [1.82, 2.24) is 14.5 Å². The van der Waals surface area contributed by atoms with Gasteiger partial charge in [-0.05, 0) is 43.0 Å². The maximum absolute atomic E-state index is 12.4. The number of amides is 1. The summed E-state index contributed by atoms with van der Waals surface area (Å²) in [5, 5.41) is 10.7. The minimum absolute atomic E-state index is 0.0000907. The number of likely N-dealkylation sites (tertiary alicyclic amines) is 1. The van der Waals surface area contributed by atoms with E-state index in [0.717, 1.165) is 19.3 Å². The molecule has 20 heavy (non-hydrogen) atoms. The largest absolute Gasteiger partial charge is 0.381 e. The lowest BCUT2D eigenvalue weighted by atomic mass is 9.97. The Morgan fingerprint density at radius 1 is 1.45 bits per heavy atom. The second kappa shape index (κ2) is 5.60. The van der Waals surface area contributed by atoms with Crippen molar-refractivity contribution in [3.05, 3.63) is 22.1 Å². The van der Waals surface area contributed by atoms with E-state index in [1.807, 2.05) is 4.90 Å². The molecule has 2 heterocycles. The summed E-state index contributed by atoms with van der Waals surface area (Å²) < 4.78 is 1.55. The Labute approximate surface area is 117 Å². The van der Waals surface area contributed by atoms with Gasteiger partial charge in [-0.25, -0.2) is 0 Å². The molecule has 1 aliphatic rings. The molecule has 0 saturated carbocycles. The number of hydrogen-bond acceptors (Lipinski definition) is 4. The van der Waals surface area contributed by atoms with Gasteiger partial charge in [0.2, 0.25) is 11.7 Å². The van der Waals surface area contributed by atoms with Crippen LogP contribution in [0.3, 0.4) is 0 Å². The van der Waals surface area contributed by atoms with Gasteiger partial charge < -0.3 is 15.0 Å². The van der Waals surface area contributed by atoms with Crippen LogP contribution in [-0.4, -0.2) is 37.4 Å². The first-order valence-electron chi connectivity index (χ1n) is 6.89. The molecule has 1 saturated heterocycles. The van der Waals surface area contributed by atoms with Crippen LogP contribution in [0, 0.1) is 17.0 Å². The van der Waals surface area contributed by atoms with Crippen molar-refractivity contribution in [2.75, 3.05) is 0 Å². The van der Waals surface area contributed by atoms with Crippen LogP contribution in [0.4, 0.5) is 5.82 Å². The lowest BCUT2D eigenvalue weighted by Crippen LogP contribution is -2.48. The van der Waals surface area contributed by atoms with E-state index in [1.54, 1.807) is 11.5 Å². The molecule has 2 unspecified atom stereocenters. The molecule has 7 heteroatoms. The Morgan fingerprint density at radius 3 is 2.55 bits per heavy atom. The summed E-state index contributed by atoms with van der Waals surface area (Å²) in [6.45, 7) is 5.89. The van der Waals surface area contributed by atoms with E-state index in [-0.39, 0.29) is 30.4 Å². The number of hydrogen-bond donors (Lipinski definition) is 0. The molecule has 1 fully saturated rings. The number of rotatable bonds is 3. The van der Waals surface area contributed by atoms with Gasteiger partial charge in [0.25, 0.3) is 0 Å². The molecule has 2 atom stereocenters. The molecule has 0 aromatic carbocycles. The van der Waals surface area contributed by atoms with Gasteiger partial charge in [-0.2, -0.15) is 0 Å². The molecule has 1 amide bonds. The summed E-state index contributed by atoms with van der Waals surface area (Å²) in [6, 6.07) is 0.454. The predicted molar refractivity (Wildman–Crippen MR) is 73.2 cm³/mol. The fraction of sp³-hybridized carbons (Fsp3) is 0.692. The van der Waals surface area contributed by atoms with Crippen LogP contribution in [0.2, 0.25) is 0 Å². The summed E-state index contributed by atoms with van der Waals surface area (Å²) >= 11 is 0. The lowest BCUT2D eigenvalue weighted by Gasteiger charge is -2.39. The lowest BCUT2D eigenvalue weighted by molar-refractivity contribution is -0.389. The van der Waals surface area contributed by atoms with Crippen LogP contribution >= 0.6 is 0 Å². The zero-order chi connectivity index (χ0) is 14.9. The van der Waals surface area contributed by atoms with Crippen molar-refractivity contribution in [2.24, 2.45) is 0 Å². The van der Waals surface area contributed by atoms with Gasteiger partial charge in [0.1, 0.15) is 12.7 Å². The molecule has 1 aliphatic heterocycles. The highest BCUT2D eigenvalue weighted by Crippen LogP contribution is 2.23. The van der Waals surface area contributed by atoms with Crippen LogP contribution in [-0.2, 0) is 11.3 Å². The second-order valence-corrected chi connectivity index (χ2v) is 5.46. The topological polar surface area (TPSA) is 81.3 Å². The summed E-state index contributed by atoms with van der Waals surface area (Å²) in [6.07, 6.45) is 4.49. The Hall–Kier alpha value is -1.92. The second-order valence-electron chi connectivity index (χ2n) is 5.46. The van der Waals surface area contributed by atoms with Crippen LogP contribution in [0.25, 0.3) is 0 Å². The SMILES string of the molecule is Cc1nc([N+](=O)[O-])cn1CC(=O)N1C(C)CCCC1C. The number of piperidine rings is 1. The number of nitrogens with zero attached hydrogens (tertiary/aromatic N) is 4. The smallest absolute Gasteiger partial charge is 0.358 e. The van der Waals surface area contributed by atoms with E-state index in [9.17, 15) is 14.9 Å². The highest BCUT2D eigenvalue weighted by Gasteiger charge is 2.29. The van der Waals surface area contributed by atoms with Crippen molar-refractivity contribution < 1.29 is 9.72 Å². The molecular weight excluding hydrogens is 260 g/mol. The van der Waals surface area contributed by atoms with E-state index >= 15 is 0 Å². The van der Waals surface area contributed by atoms with E-state index in [2.05, 4.69) is 18.8 Å². The molecule has 1 aromatic heterocycles. The third-order valence-corrected chi connectivity index (χ3v) is 3.94. The molecule has 0 bridgehead atoms. The third-order valence-electron chi connectivity index (χ3n) is 3.94. The summed E-state index contributed by atoms with van der Waals surface area (Å²) in [5.74, 6) is 0.275. The first kappa shape index (κ1) is 14.5. The van der Waals surface area contributed by atoms with Gasteiger partial charge in [-0.15, -0.1) is 0 Å². The van der Waals surface area contributed by atoms with Crippen LogP contribution in [0.5, 0.6) is 0 Å². The van der Waals surface area contributed by atoms with E-state index in [4.69, 9.17) is 0 Å². The first-order valence-corrected chi connectivity index (χ1v) is 6.89. The van der Waals surface area contributed by atoms with E-state index in [1.165, 1.54) is 6.20 Å². The van der Waals surface area contributed by atoms with Gasteiger partial charge in [-0.1, -0.05) is 0 Å². The molecule has 7 nitrogen and oxygen atoms in total. The average Bonchev–Trinajstić information content (AvgIpc) is 2.71. The number of aromatic nitrogens is 2. The highest BCUT2D eigenvalue weighted by atomic mass is 16.6. The number of aryl methyl sites for hydroxylation is 1. The summed E-state index contributed by atoms with van der Waals surface area (Å²) in [7, 11) is 0. The number of imidazole rings is 1. The average molecular weight is 280 g/mol. The first-order chi connectivity index (χ1) is 9.40. The predicted octanol–water partition coefficient (Wildman–Crippen LogP) is 1.89. The van der Waals surface area contributed by atoms with Crippen molar-refractivity contribution in [2.45, 2.75) is 58.7 Å². The Bertz CT molecular complexity index is 516.